The van der Waals surface area contributed by atoms with Crippen molar-refractivity contribution in [3.05, 3.63) is 0 Å². The average Bonchev–Trinajstić information content (AvgIpc) is 1.25. The van der Waals surface area contributed by atoms with Crippen molar-refractivity contribution < 1.29 is 9.59 Å². The summed E-state index contributed by atoms with van der Waals surface area (Å²) in [4.78, 5) is 18.9. The van der Waals surface area contributed by atoms with Gasteiger partial charge in [-0.05, 0) is 13.8 Å². The molecule has 2 nitrogen and oxygen atoms in total. The summed E-state index contributed by atoms with van der Waals surface area (Å²) < 4.78 is 0.257. The van der Waals surface area contributed by atoms with E-state index in [-0.39, 0.29) is 9.58 Å². The molecule has 45 valence electrons. The first kappa shape index (κ1) is 11.0. The van der Waals surface area contributed by atoms with Gasteiger partial charge in [-0.15, -0.1) is 0 Å². The summed E-state index contributed by atoms with van der Waals surface area (Å²) in [5.74, 6) is 0.167. The normalized spacial score (nSPS) is 6.50. The molecule has 0 aliphatic carbocycles. The molecule has 8 heavy (non-hydrogen) atoms. The molecule has 0 fully saturated rings. The molecule has 0 amide bonds. The van der Waals surface area contributed by atoms with Crippen molar-refractivity contribution in [3.63, 3.8) is 0 Å². The van der Waals surface area contributed by atoms with Crippen LogP contribution in [0.3, 0.4) is 0 Å². The van der Waals surface area contributed by atoms with Gasteiger partial charge in [0, 0.05) is 0 Å². The molecule has 0 spiro atoms. The fourth-order valence-corrected chi connectivity index (χ4v) is 0. The minimum atomic E-state index is 0.167. The Morgan fingerprint density at radius 3 is 1.12 bits per heavy atom. The van der Waals surface area contributed by atoms with Crippen LogP contribution < -0.4 is 0 Å². The van der Waals surface area contributed by atoms with Gasteiger partial charge in [0.2, 0.25) is 0 Å². The van der Waals surface area contributed by atoms with Crippen LogP contribution in [0.15, 0.2) is 0 Å². The Kier molecular flexibility index (Phi) is 9.82. The molecule has 3 radical (unpaired) electrons. The van der Waals surface area contributed by atoms with Gasteiger partial charge in [0.05, 0.1) is 0 Å². The van der Waals surface area contributed by atoms with Gasteiger partial charge in [0.25, 0.3) is 0 Å². The van der Waals surface area contributed by atoms with Crippen LogP contribution in [0.2, 0.25) is 0 Å². The molecular formula is C5H9O2Sn. The number of hydrogen-bond donors (Lipinski definition) is 0. The monoisotopic (exact) mass is 221 g/mol. The zero-order valence-corrected chi connectivity index (χ0v) is 8.17. The second-order valence-electron chi connectivity index (χ2n) is 1.46. The second kappa shape index (κ2) is 7.14. The molecule has 0 N–H and O–H groups in total. The van der Waals surface area contributed by atoms with Gasteiger partial charge in [-0.2, -0.15) is 0 Å². The van der Waals surface area contributed by atoms with E-state index < -0.39 is 0 Å². The fourth-order valence-electron chi connectivity index (χ4n) is 0. The summed E-state index contributed by atoms with van der Waals surface area (Å²) in [5.41, 5.74) is 0. The first-order chi connectivity index (χ1) is 3.46. The zero-order valence-electron chi connectivity index (χ0n) is 5.32. The molecule has 0 aromatic carbocycles. The van der Waals surface area contributed by atoms with Crippen molar-refractivity contribution in [2.24, 2.45) is 0 Å². The van der Waals surface area contributed by atoms with Crippen LogP contribution in [0, 0.1) is 0 Å². The van der Waals surface area contributed by atoms with Gasteiger partial charge in [0.15, 0.2) is 0 Å². The first-order valence-corrected chi connectivity index (χ1v) is 3.59. The van der Waals surface area contributed by atoms with Crippen molar-refractivity contribution in [1.82, 2.24) is 0 Å². The zero-order chi connectivity index (χ0) is 7.15. The van der Waals surface area contributed by atoms with Gasteiger partial charge in [-0.25, -0.2) is 0 Å². The van der Waals surface area contributed by atoms with Crippen LogP contribution in [0.5, 0.6) is 0 Å². The van der Waals surface area contributed by atoms with Gasteiger partial charge in [-0.1, -0.05) is 0 Å². The maximum atomic E-state index is 9.48. The minimum absolute atomic E-state index is 0.167. The van der Waals surface area contributed by atoms with E-state index in [1.165, 1.54) is 13.8 Å². The Hall–Kier alpha value is 0.139. The number of ketones is 1. The number of hydrogen-bond acceptors (Lipinski definition) is 2. The molecule has 0 rings (SSSR count). The van der Waals surface area contributed by atoms with Gasteiger partial charge in [0.1, 0.15) is 5.78 Å². The molecular weight excluding hydrogens is 211 g/mol. The number of carbonyl (C=O) groups excluding carboxylic acids is 2. The fraction of sp³-hybridized carbons (Fsp3) is 0.600. The topological polar surface area (TPSA) is 34.1 Å². The second-order valence-corrected chi connectivity index (χ2v) is 3.47. The van der Waals surface area contributed by atoms with Gasteiger partial charge < -0.3 is 4.79 Å². The number of Topliss-reactive ketones (excluding diaryl/α,β-unsaturated/α-hetero) is 1. The molecule has 0 bridgehead atoms. The van der Waals surface area contributed by atoms with E-state index in [4.69, 9.17) is 0 Å². The van der Waals surface area contributed by atoms with Crippen molar-refractivity contribution in [3.8, 4) is 0 Å². The third-order valence-electron chi connectivity index (χ3n) is 0. The molecule has 0 aliphatic heterocycles. The van der Waals surface area contributed by atoms with E-state index in [2.05, 4.69) is 0 Å². The van der Waals surface area contributed by atoms with Crippen molar-refractivity contribution >= 4 is 32.1 Å². The summed E-state index contributed by atoms with van der Waals surface area (Å²) in [6.45, 7) is 4.62. The summed E-state index contributed by atoms with van der Waals surface area (Å²) >= 11 is 0.998. The Bertz CT molecular complexity index is 68.4. The number of carbonyl (C=O) groups is 2. The molecule has 0 saturated carbocycles. The van der Waals surface area contributed by atoms with Crippen molar-refractivity contribution in [2.75, 3.05) is 0 Å². The third-order valence-corrected chi connectivity index (χ3v) is 0. The van der Waals surface area contributed by atoms with Crippen molar-refractivity contribution in [2.45, 2.75) is 20.8 Å². The molecule has 0 aliphatic rings. The van der Waals surface area contributed by atoms with E-state index in [1.54, 1.807) is 6.92 Å². The predicted molar refractivity (Wildman–Crippen MR) is 32.8 cm³/mol. The summed E-state index contributed by atoms with van der Waals surface area (Å²) in [5, 5.41) is 0. The Labute approximate surface area is 62.7 Å². The maximum absolute atomic E-state index is 9.48. The standard InChI is InChI=1S/C3H6O.C2H3O.Sn/c1-3(2)4;1-2-3;/h1-2H3;1H3;. The molecule has 0 heterocycles. The third kappa shape index (κ3) is 8430. The molecule has 0 aromatic heterocycles. The van der Waals surface area contributed by atoms with Crippen LogP contribution in [0.25, 0.3) is 0 Å². The summed E-state index contributed by atoms with van der Waals surface area (Å²) in [6.07, 6.45) is 0. The summed E-state index contributed by atoms with van der Waals surface area (Å²) in [7, 11) is 0. The van der Waals surface area contributed by atoms with Crippen molar-refractivity contribution in [1.29, 1.82) is 0 Å². The van der Waals surface area contributed by atoms with E-state index in [9.17, 15) is 9.59 Å². The van der Waals surface area contributed by atoms with E-state index in [1.807, 2.05) is 0 Å². The Morgan fingerprint density at radius 1 is 1.12 bits per heavy atom. The molecule has 0 atom stereocenters. The Morgan fingerprint density at radius 2 is 1.12 bits per heavy atom. The molecule has 3 heteroatoms. The van der Waals surface area contributed by atoms with E-state index >= 15 is 0 Å². The predicted octanol–water partition coefficient (Wildman–Crippen LogP) is 0.297. The van der Waals surface area contributed by atoms with Crippen LogP contribution in [-0.4, -0.2) is 32.1 Å². The summed E-state index contributed by atoms with van der Waals surface area (Å²) in [6, 6.07) is 0. The van der Waals surface area contributed by atoms with E-state index in [0.29, 0.717) is 0 Å². The van der Waals surface area contributed by atoms with Crippen LogP contribution >= 0.6 is 0 Å². The van der Waals surface area contributed by atoms with Gasteiger partial charge >= 0.3 is 38.0 Å². The Balaban J connectivity index is 0. The molecule has 0 aromatic rings. The number of rotatable bonds is 0. The van der Waals surface area contributed by atoms with Crippen LogP contribution in [0.4, 0.5) is 0 Å². The first-order valence-electron chi connectivity index (χ1n) is 2.16. The molecule has 0 saturated heterocycles. The SMILES string of the molecule is CC(C)=O.C[C](=O)[Sn]. The molecule has 0 unspecified atom stereocenters. The average molecular weight is 220 g/mol. The van der Waals surface area contributed by atoms with Crippen LogP contribution in [0.1, 0.15) is 20.8 Å². The van der Waals surface area contributed by atoms with Crippen LogP contribution in [-0.2, 0) is 9.59 Å². The quantitative estimate of drug-likeness (QED) is 0.550. The van der Waals surface area contributed by atoms with E-state index in [0.717, 1.165) is 22.5 Å². The van der Waals surface area contributed by atoms with Gasteiger partial charge in [-0.3, -0.25) is 0 Å².